The minimum Gasteiger partial charge on any atom is -0.446 e. The summed E-state index contributed by atoms with van der Waals surface area (Å²) in [6.07, 6.45) is 4.74. The third kappa shape index (κ3) is 7.18. The van der Waals surface area contributed by atoms with Crippen LogP contribution in [0.15, 0.2) is 24.4 Å². The Kier molecular flexibility index (Phi) is 7.36. The zero-order valence-electron chi connectivity index (χ0n) is 20.3. The van der Waals surface area contributed by atoms with Crippen LogP contribution in [-0.2, 0) is 25.9 Å². The van der Waals surface area contributed by atoms with E-state index in [-0.39, 0.29) is 35.4 Å². The van der Waals surface area contributed by atoms with E-state index in [0.29, 0.717) is 11.4 Å². The molecule has 0 aliphatic heterocycles. The topological polar surface area (TPSA) is 115 Å². The summed E-state index contributed by atoms with van der Waals surface area (Å²) in [6, 6.07) is 5.60. The molecule has 0 aromatic carbocycles. The Hall–Kier alpha value is -2.62. The first-order chi connectivity index (χ1) is 15.3. The van der Waals surface area contributed by atoms with E-state index in [2.05, 4.69) is 36.4 Å². The van der Waals surface area contributed by atoms with E-state index in [1.165, 1.54) is 6.26 Å². The lowest BCUT2D eigenvalue weighted by molar-refractivity contribution is 0.0981. The number of aromatic nitrogens is 3. The number of nitrogens with zero attached hydrogens (tertiary/aromatic N) is 3. The number of anilines is 2. The molecule has 10 heteroatoms. The van der Waals surface area contributed by atoms with Crippen LogP contribution < -0.4 is 10.6 Å². The van der Waals surface area contributed by atoms with Gasteiger partial charge in [0.2, 0.25) is 0 Å². The Labute approximate surface area is 196 Å². The highest BCUT2D eigenvalue weighted by Gasteiger charge is 2.32. The average molecular weight is 478 g/mol. The van der Waals surface area contributed by atoms with E-state index in [1.807, 2.05) is 24.6 Å². The van der Waals surface area contributed by atoms with Crippen molar-refractivity contribution < 1.29 is 17.9 Å². The second-order valence-electron chi connectivity index (χ2n) is 10.1. The van der Waals surface area contributed by atoms with Crippen molar-refractivity contribution >= 4 is 27.6 Å². The van der Waals surface area contributed by atoms with Gasteiger partial charge in [-0.25, -0.2) is 22.9 Å². The van der Waals surface area contributed by atoms with Crippen molar-refractivity contribution in [3.63, 3.8) is 0 Å². The number of rotatable bonds is 7. The van der Waals surface area contributed by atoms with Crippen molar-refractivity contribution in [1.82, 2.24) is 20.1 Å². The molecule has 2 N–H and O–H groups in total. The standard InChI is InChI=1S/C23H35N5O4S/c1-15(2)25-22(29)32-18-9-8-17(11-18)19-12-21(28(27-19)23(3,4)5)26-20-10-7-16(13-24-20)14-33(6,30)31/h7,10,12-13,15,17-18H,8-9,11,14H2,1-6H3,(H,24,26)(H,25,29). The summed E-state index contributed by atoms with van der Waals surface area (Å²) in [6.45, 7) is 10.0. The lowest BCUT2D eigenvalue weighted by Gasteiger charge is -2.22. The molecule has 2 aromatic rings. The molecule has 2 heterocycles. The number of ether oxygens (including phenoxy) is 1. The number of hydrogen-bond donors (Lipinski definition) is 2. The van der Waals surface area contributed by atoms with Gasteiger partial charge in [-0.1, -0.05) is 6.07 Å². The van der Waals surface area contributed by atoms with Crippen LogP contribution in [0.3, 0.4) is 0 Å². The predicted molar refractivity (Wildman–Crippen MR) is 128 cm³/mol. The molecule has 1 amide bonds. The van der Waals surface area contributed by atoms with Crippen LogP contribution in [0.1, 0.15) is 71.1 Å². The molecule has 1 aliphatic rings. The Balaban J connectivity index is 1.73. The van der Waals surface area contributed by atoms with Gasteiger partial charge in [-0.3, -0.25) is 0 Å². The molecule has 3 rings (SSSR count). The minimum atomic E-state index is -3.11. The number of amides is 1. The third-order valence-corrected chi connectivity index (χ3v) is 6.21. The molecule has 1 saturated carbocycles. The van der Waals surface area contributed by atoms with Gasteiger partial charge in [-0.2, -0.15) is 5.10 Å². The number of pyridine rings is 1. The maximum absolute atomic E-state index is 11.9. The van der Waals surface area contributed by atoms with Crippen molar-refractivity contribution in [2.45, 2.75) is 83.2 Å². The highest BCUT2D eigenvalue weighted by molar-refractivity contribution is 7.89. The smallest absolute Gasteiger partial charge is 0.407 e. The molecule has 0 radical (unpaired) electrons. The molecule has 33 heavy (non-hydrogen) atoms. The van der Waals surface area contributed by atoms with Crippen LogP contribution in [-0.4, -0.2) is 47.7 Å². The van der Waals surface area contributed by atoms with Gasteiger partial charge in [0, 0.05) is 30.5 Å². The molecule has 0 saturated heterocycles. The molecule has 2 unspecified atom stereocenters. The summed E-state index contributed by atoms with van der Waals surface area (Å²) >= 11 is 0. The number of nitrogens with one attached hydrogen (secondary N) is 2. The molecule has 2 aromatic heterocycles. The largest absolute Gasteiger partial charge is 0.446 e. The molecule has 0 spiro atoms. The average Bonchev–Trinajstić information content (AvgIpc) is 3.28. The molecule has 1 aliphatic carbocycles. The van der Waals surface area contributed by atoms with Crippen LogP contribution in [0.2, 0.25) is 0 Å². The number of carbonyl (C=O) groups is 1. The Morgan fingerprint density at radius 2 is 2.00 bits per heavy atom. The summed E-state index contributed by atoms with van der Waals surface area (Å²) in [5.41, 5.74) is 1.34. The monoisotopic (exact) mass is 477 g/mol. The Bertz CT molecular complexity index is 1070. The molecule has 182 valence electrons. The van der Waals surface area contributed by atoms with Gasteiger partial charge in [0.05, 0.1) is 17.0 Å². The minimum absolute atomic E-state index is 0.0372. The fourth-order valence-electron chi connectivity index (χ4n) is 3.95. The van der Waals surface area contributed by atoms with E-state index < -0.39 is 9.84 Å². The Morgan fingerprint density at radius 1 is 1.27 bits per heavy atom. The predicted octanol–water partition coefficient (Wildman–Crippen LogP) is 4.09. The molecular weight excluding hydrogens is 442 g/mol. The third-order valence-electron chi connectivity index (χ3n) is 5.36. The van der Waals surface area contributed by atoms with E-state index in [4.69, 9.17) is 9.84 Å². The lowest BCUT2D eigenvalue weighted by Crippen LogP contribution is -2.33. The summed E-state index contributed by atoms with van der Waals surface area (Å²) in [5, 5.41) is 11.0. The van der Waals surface area contributed by atoms with Gasteiger partial charge in [0.1, 0.15) is 17.7 Å². The molecule has 9 nitrogen and oxygen atoms in total. The fourth-order valence-corrected chi connectivity index (χ4v) is 4.73. The van der Waals surface area contributed by atoms with Crippen LogP contribution >= 0.6 is 0 Å². The van der Waals surface area contributed by atoms with Crippen molar-refractivity contribution in [2.24, 2.45) is 0 Å². The second-order valence-corrected chi connectivity index (χ2v) is 12.3. The van der Waals surface area contributed by atoms with Crippen molar-refractivity contribution in [2.75, 3.05) is 11.6 Å². The summed E-state index contributed by atoms with van der Waals surface area (Å²) < 4.78 is 30.5. The molecule has 1 fully saturated rings. The highest BCUT2D eigenvalue weighted by atomic mass is 32.2. The maximum Gasteiger partial charge on any atom is 0.407 e. The van der Waals surface area contributed by atoms with Gasteiger partial charge < -0.3 is 15.4 Å². The van der Waals surface area contributed by atoms with Crippen molar-refractivity contribution in [3.05, 3.63) is 35.7 Å². The van der Waals surface area contributed by atoms with Gasteiger partial charge in [-0.15, -0.1) is 0 Å². The Morgan fingerprint density at radius 3 is 2.58 bits per heavy atom. The van der Waals surface area contributed by atoms with Crippen LogP contribution in [0, 0.1) is 0 Å². The molecular formula is C23H35N5O4S. The van der Waals surface area contributed by atoms with Crippen LogP contribution in [0.4, 0.5) is 16.4 Å². The number of hydrogen-bond acceptors (Lipinski definition) is 7. The quantitative estimate of drug-likeness (QED) is 0.617. The van der Waals surface area contributed by atoms with Gasteiger partial charge >= 0.3 is 6.09 Å². The normalized spacial score (nSPS) is 19.0. The lowest BCUT2D eigenvalue weighted by atomic mass is 10.0. The number of alkyl carbamates (subject to hydrolysis) is 1. The van der Waals surface area contributed by atoms with Gasteiger partial charge in [0.15, 0.2) is 9.84 Å². The highest BCUT2D eigenvalue weighted by Crippen LogP contribution is 2.37. The fraction of sp³-hybridized carbons (Fsp3) is 0.609. The maximum atomic E-state index is 11.9. The van der Waals surface area contributed by atoms with Crippen molar-refractivity contribution in [1.29, 1.82) is 0 Å². The van der Waals surface area contributed by atoms with Gasteiger partial charge in [-0.05, 0) is 65.5 Å². The second kappa shape index (κ2) is 9.70. The first-order valence-corrected chi connectivity index (χ1v) is 13.3. The summed E-state index contributed by atoms with van der Waals surface area (Å²) in [5.74, 6) is 1.59. The van der Waals surface area contributed by atoms with Crippen LogP contribution in [0.25, 0.3) is 0 Å². The zero-order chi connectivity index (χ0) is 24.4. The van der Waals surface area contributed by atoms with Crippen LogP contribution in [0.5, 0.6) is 0 Å². The van der Waals surface area contributed by atoms with E-state index in [1.54, 1.807) is 18.3 Å². The van der Waals surface area contributed by atoms with E-state index in [9.17, 15) is 13.2 Å². The van der Waals surface area contributed by atoms with E-state index >= 15 is 0 Å². The SMILES string of the molecule is CC(C)NC(=O)OC1CCC(c2cc(Nc3ccc(CS(C)(=O)=O)cn3)n(C(C)(C)C)n2)C1. The number of sulfone groups is 1. The summed E-state index contributed by atoms with van der Waals surface area (Å²) in [7, 11) is -3.11. The number of carbonyl (C=O) groups excluding carboxylic acids is 1. The zero-order valence-corrected chi connectivity index (χ0v) is 21.1. The first-order valence-electron chi connectivity index (χ1n) is 11.3. The van der Waals surface area contributed by atoms with E-state index in [0.717, 1.165) is 30.8 Å². The van der Waals surface area contributed by atoms with Crippen molar-refractivity contribution in [3.8, 4) is 0 Å². The molecule has 2 atom stereocenters. The first kappa shape index (κ1) is 25.0. The molecule has 0 bridgehead atoms. The summed E-state index contributed by atoms with van der Waals surface area (Å²) in [4.78, 5) is 16.3. The van der Waals surface area contributed by atoms with Gasteiger partial charge in [0.25, 0.3) is 0 Å².